The van der Waals surface area contributed by atoms with Crippen molar-refractivity contribution in [3.63, 3.8) is 0 Å². The summed E-state index contributed by atoms with van der Waals surface area (Å²) in [7, 11) is 1.64. The first kappa shape index (κ1) is 18.5. The van der Waals surface area contributed by atoms with Gasteiger partial charge in [0.2, 0.25) is 5.91 Å². The number of carbonyl (C=O) groups excluding carboxylic acids is 1. The number of aryl methyl sites for hydroxylation is 1. The number of nitrogens with one attached hydrogen (secondary N) is 2. The Hall–Kier alpha value is -1.56. The normalized spacial score (nSPS) is 10.5. The highest BCUT2D eigenvalue weighted by Gasteiger charge is 2.05. The smallest absolute Gasteiger partial charge is 0.238 e. The maximum atomic E-state index is 11.8. The molecule has 0 aliphatic carbocycles. The van der Waals surface area contributed by atoms with Crippen molar-refractivity contribution in [1.29, 1.82) is 0 Å². The fourth-order valence-corrected chi connectivity index (χ4v) is 2.28. The second-order valence-electron chi connectivity index (χ2n) is 5.00. The molecule has 0 fully saturated rings. The van der Waals surface area contributed by atoms with Gasteiger partial charge in [-0.3, -0.25) is 4.79 Å². The van der Waals surface area contributed by atoms with Crippen molar-refractivity contribution >= 4 is 34.9 Å². The van der Waals surface area contributed by atoms with Crippen molar-refractivity contribution in [2.45, 2.75) is 19.9 Å². The van der Waals surface area contributed by atoms with Gasteiger partial charge in [-0.25, -0.2) is 0 Å². The number of amides is 1. The van der Waals surface area contributed by atoms with Crippen LogP contribution in [0.15, 0.2) is 30.5 Å². The standard InChI is InChI=1S/C16H23N3O2.ClH/c1-3-8-19-9-6-13-4-5-14(11-15(13)19)18-16(20)12-17-7-10-21-2;/h4-6,9,11,17H,3,7-8,10,12H2,1-2H3,(H,18,20);1H. The van der Waals surface area contributed by atoms with Crippen LogP contribution in [0.5, 0.6) is 0 Å². The Morgan fingerprint density at radius 3 is 2.86 bits per heavy atom. The van der Waals surface area contributed by atoms with Crippen molar-refractivity contribution in [2.24, 2.45) is 0 Å². The van der Waals surface area contributed by atoms with Crippen LogP contribution in [0.4, 0.5) is 5.69 Å². The van der Waals surface area contributed by atoms with Crippen LogP contribution < -0.4 is 10.6 Å². The Balaban J connectivity index is 0.00000242. The second-order valence-corrected chi connectivity index (χ2v) is 5.00. The molecule has 1 heterocycles. The highest BCUT2D eigenvalue weighted by molar-refractivity contribution is 5.94. The Kier molecular flexibility index (Phi) is 7.95. The molecule has 2 aromatic rings. The fourth-order valence-electron chi connectivity index (χ4n) is 2.28. The number of methoxy groups -OCH3 is 1. The van der Waals surface area contributed by atoms with Crippen molar-refractivity contribution in [2.75, 3.05) is 32.1 Å². The molecule has 122 valence electrons. The van der Waals surface area contributed by atoms with Gasteiger partial charge in [0.05, 0.1) is 18.7 Å². The van der Waals surface area contributed by atoms with E-state index in [1.807, 2.05) is 18.2 Å². The number of hydrogen-bond donors (Lipinski definition) is 2. The number of fused-ring (bicyclic) bond motifs is 1. The number of anilines is 1. The van der Waals surface area contributed by atoms with Crippen LogP contribution >= 0.6 is 12.4 Å². The molecule has 0 atom stereocenters. The lowest BCUT2D eigenvalue weighted by molar-refractivity contribution is -0.115. The van der Waals surface area contributed by atoms with Crippen molar-refractivity contribution in [3.8, 4) is 0 Å². The number of aromatic nitrogens is 1. The van der Waals surface area contributed by atoms with E-state index in [0.717, 1.165) is 24.2 Å². The molecule has 0 saturated carbocycles. The van der Waals surface area contributed by atoms with Crippen LogP contribution in [-0.4, -0.2) is 37.3 Å². The fraction of sp³-hybridized carbons (Fsp3) is 0.438. The van der Waals surface area contributed by atoms with Crippen LogP contribution in [-0.2, 0) is 16.1 Å². The number of carbonyl (C=O) groups is 1. The molecule has 0 aliphatic rings. The molecule has 0 radical (unpaired) electrons. The first-order chi connectivity index (χ1) is 10.2. The highest BCUT2D eigenvalue weighted by Crippen LogP contribution is 2.20. The van der Waals surface area contributed by atoms with Gasteiger partial charge in [0, 0.05) is 32.1 Å². The van der Waals surface area contributed by atoms with E-state index in [1.165, 1.54) is 5.39 Å². The Morgan fingerprint density at radius 2 is 2.14 bits per heavy atom. The van der Waals surface area contributed by atoms with Crippen LogP contribution in [0.25, 0.3) is 10.9 Å². The summed E-state index contributed by atoms with van der Waals surface area (Å²) in [6, 6.07) is 8.10. The summed E-state index contributed by atoms with van der Waals surface area (Å²) in [5.41, 5.74) is 1.99. The number of hydrogen-bond acceptors (Lipinski definition) is 3. The zero-order valence-electron chi connectivity index (χ0n) is 13.1. The largest absolute Gasteiger partial charge is 0.383 e. The lowest BCUT2D eigenvalue weighted by Gasteiger charge is -2.08. The zero-order valence-corrected chi connectivity index (χ0v) is 13.9. The molecular formula is C16H24ClN3O2. The van der Waals surface area contributed by atoms with E-state index in [2.05, 4.69) is 34.4 Å². The molecular weight excluding hydrogens is 302 g/mol. The minimum absolute atomic E-state index is 0. The quantitative estimate of drug-likeness (QED) is 0.734. The van der Waals surface area contributed by atoms with E-state index in [0.29, 0.717) is 13.2 Å². The molecule has 6 heteroatoms. The first-order valence-corrected chi connectivity index (χ1v) is 7.33. The number of nitrogens with zero attached hydrogens (tertiary/aromatic N) is 1. The topological polar surface area (TPSA) is 55.3 Å². The van der Waals surface area contributed by atoms with E-state index >= 15 is 0 Å². The molecule has 0 bridgehead atoms. The summed E-state index contributed by atoms with van der Waals surface area (Å²) < 4.78 is 7.13. The number of rotatable bonds is 8. The third-order valence-electron chi connectivity index (χ3n) is 3.29. The van der Waals surface area contributed by atoms with Gasteiger partial charge in [0.1, 0.15) is 0 Å². The van der Waals surface area contributed by atoms with Gasteiger partial charge in [-0.15, -0.1) is 12.4 Å². The maximum absolute atomic E-state index is 11.8. The van der Waals surface area contributed by atoms with Crippen molar-refractivity contribution in [1.82, 2.24) is 9.88 Å². The minimum atomic E-state index is -0.0425. The van der Waals surface area contributed by atoms with Crippen LogP contribution in [0.2, 0.25) is 0 Å². The first-order valence-electron chi connectivity index (χ1n) is 7.33. The van der Waals surface area contributed by atoms with E-state index in [1.54, 1.807) is 7.11 Å². The van der Waals surface area contributed by atoms with Crippen LogP contribution in [0, 0.1) is 0 Å². The van der Waals surface area contributed by atoms with E-state index < -0.39 is 0 Å². The van der Waals surface area contributed by atoms with E-state index in [-0.39, 0.29) is 24.9 Å². The predicted molar refractivity (Wildman–Crippen MR) is 92.9 cm³/mol. The number of ether oxygens (including phenoxy) is 1. The summed E-state index contributed by atoms with van der Waals surface area (Å²) in [6.45, 7) is 4.70. The van der Waals surface area contributed by atoms with Gasteiger partial charge in [-0.05, 0) is 30.0 Å². The Morgan fingerprint density at radius 1 is 1.32 bits per heavy atom. The summed E-state index contributed by atoms with van der Waals surface area (Å²) in [6.07, 6.45) is 3.18. The monoisotopic (exact) mass is 325 g/mol. The molecule has 1 aromatic heterocycles. The molecule has 5 nitrogen and oxygen atoms in total. The van der Waals surface area contributed by atoms with E-state index in [9.17, 15) is 4.79 Å². The molecule has 22 heavy (non-hydrogen) atoms. The molecule has 1 aromatic carbocycles. The van der Waals surface area contributed by atoms with Gasteiger partial charge in [0.15, 0.2) is 0 Å². The summed E-state index contributed by atoms with van der Waals surface area (Å²) in [5.74, 6) is -0.0425. The lowest BCUT2D eigenvalue weighted by atomic mass is 10.2. The minimum Gasteiger partial charge on any atom is -0.383 e. The molecule has 2 rings (SSSR count). The molecule has 1 amide bonds. The van der Waals surface area contributed by atoms with Crippen LogP contribution in [0.3, 0.4) is 0 Å². The van der Waals surface area contributed by atoms with Gasteiger partial charge in [0.25, 0.3) is 0 Å². The van der Waals surface area contributed by atoms with Crippen molar-refractivity contribution < 1.29 is 9.53 Å². The highest BCUT2D eigenvalue weighted by atomic mass is 35.5. The average molecular weight is 326 g/mol. The van der Waals surface area contributed by atoms with Gasteiger partial charge < -0.3 is 19.9 Å². The summed E-state index contributed by atoms with van der Waals surface area (Å²) >= 11 is 0. The number of benzene rings is 1. The maximum Gasteiger partial charge on any atom is 0.238 e. The molecule has 0 saturated heterocycles. The molecule has 2 N–H and O–H groups in total. The number of halogens is 1. The zero-order chi connectivity index (χ0) is 15.1. The third-order valence-corrected chi connectivity index (χ3v) is 3.29. The SMILES string of the molecule is CCCn1ccc2ccc(NC(=O)CNCCOC)cc21.Cl. The third kappa shape index (κ3) is 5.02. The van der Waals surface area contributed by atoms with E-state index in [4.69, 9.17) is 4.74 Å². The lowest BCUT2D eigenvalue weighted by Crippen LogP contribution is -2.30. The Labute approximate surface area is 137 Å². The summed E-state index contributed by atoms with van der Waals surface area (Å²) in [5, 5.41) is 7.14. The second kappa shape index (κ2) is 9.46. The van der Waals surface area contributed by atoms with Gasteiger partial charge >= 0.3 is 0 Å². The Bertz CT molecular complexity index is 598. The van der Waals surface area contributed by atoms with Gasteiger partial charge in [-0.2, -0.15) is 0 Å². The molecule has 0 aliphatic heterocycles. The molecule has 0 spiro atoms. The average Bonchev–Trinajstić information content (AvgIpc) is 2.87. The van der Waals surface area contributed by atoms with Crippen molar-refractivity contribution in [3.05, 3.63) is 30.5 Å². The van der Waals surface area contributed by atoms with Gasteiger partial charge in [-0.1, -0.05) is 13.0 Å². The summed E-state index contributed by atoms with van der Waals surface area (Å²) in [4.78, 5) is 11.8. The predicted octanol–water partition coefficient (Wildman–Crippen LogP) is 2.65. The van der Waals surface area contributed by atoms with Crippen LogP contribution in [0.1, 0.15) is 13.3 Å². The molecule has 0 unspecified atom stereocenters.